The Balaban J connectivity index is 1.81. The van der Waals surface area contributed by atoms with Gasteiger partial charge < -0.3 is 10.6 Å². The van der Waals surface area contributed by atoms with Gasteiger partial charge in [-0.25, -0.2) is 4.79 Å². The minimum atomic E-state index is -0.0344. The first-order valence-corrected chi connectivity index (χ1v) is 7.70. The van der Waals surface area contributed by atoms with Crippen molar-refractivity contribution in [2.24, 2.45) is 5.92 Å². The predicted molar refractivity (Wildman–Crippen MR) is 82.8 cm³/mol. The van der Waals surface area contributed by atoms with Crippen molar-refractivity contribution in [1.82, 2.24) is 10.6 Å². The van der Waals surface area contributed by atoms with Crippen LogP contribution < -0.4 is 10.6 Å². The van der Waals surface area contributed by atoms with Crippen molar-refractivity contribution in [3.8, 4) is 0 Å². The molecule has 3 nitrogen and oxygen atoms in total. The smallest absolute Gasteiger partial charge is 0.314 e. The molecule has 3 heteroatoms. The van der Waals surface area contributed by atoms with Crippen LogP contribution in [0.3, 0.4) is 0 Å². The van der Waals surface area contributed by atoms with Crippen LogP contribution >= 0.6 is 0 Å². The minimum absolute atomic E-state index is 0.0344. The van der Waals surface area contributed by atoms with Crippen LogP contribution in [0.25, 0.3) is 0 Å². The Morgan fingerprint density at radius 1 is 1.20 bits per heavy atom. The third-order valence-electron chi connectivity index (χ3n) is 4.29. The first kappa shape index (κ1) is 14.9. The van der Waals surface area contributed by atoms with Gasteiger partial charge in [0.15, 0.2) is 0 Å². The number of carbonyl (C=O) groups excluding carboxylic acids is 1. The number of carbonyl (C=O) groups is 1. The molecular weight excluding hydrogens is 248 g/mol. The molecule has 0 aliphatic heterocycles. The summed E-state index contributed by atoms with van der Waals surface area (Å²) in [5.41, 5.74) is 1.52. The molecule has 1 saturated carbocycles. The average Bonchev–Trinajstić information content (AvgIpc) is 2.38. The van der Waals surface area contributed by atoms with E-state index in [9.17, 15) is 4.79 Å². The summed E-state index contributed by atoms with van der Waals surface area (Å²) < 4.78 is 0. The van der Waals surface area contributed by atoms with Crippen molar-refractivity contribution in [3.05, 3.63) is 35.9 Å². The van der Waals surface area contributed by atoms with Gasteiger partial charge in [-0.1, -0.05) is 50.6 Å². The Hall–Kier alpha value is -1.51. The molecule has 2 amide bonds. The summed E-state index contributed by atoms with van der Waals surface area (Å²) in [4.78, 5) is 11.8. The van der Waals surface area contributed by atoms with Crippen molar-refractivity contribution in [2.75, 3.05) is 13.1 Å². The highest BCUT2D eigenvalue weighted by atomic mass is 16.2. The van der Waals surface area contributed by atoms with E-state index < -0.39 is 0 Å². The molecule has 1 aliphatic carbocycles. The average molecular weight is 274 g/mol. The van der Waals surface area contributed by atoms with Crippen LogP contribution in [0.4, 0.5) is 4.79 Å². The molecule has 0 bridgehead atoms. The van der Waals surface area contributed by atoms with Gasteiger partial charge in [0.05, 0.1) is 0 Å². The second kappa shape index (κ2) is 6.78. The molecule has 0 saturated heterocycles. The summed E-state index contributed by atoms with van der Waals surface area (Å²) in [6.07, 6.45) is 4.62. The third-order valence-corrected chi connectivity index (χ3v) is 4.29. The first-order chi connectivity index (χ1) is 9.62. The molecule has 0 radical (unpaired) electrons. The zero-order valence-electron chi connectivity index (χ0n) is 12.6. The highest BCUT2D eigenvalue weighted by Gasteiger charge is 2.38. The monoisotopic (exact) mass is 274 g/mol. The molecular formula is C17H26N2O. The quantitative estimate of drug-likeness (QED) is 0.819. The molecule has 2 N–H and O–H groups in total. The van der Waals surface area contributed by atoms with Gasteiger partial charge >= 0.3 is 6.03 Å². The van der Waals surface area contributed by atoms with Gasteiger partial charge in [-0.2, -0.15) is 0 Å². The lowest BCUT2D eigenvalue weighted by molar-refractivity contribution is 0.214. The normalized spacial score (nSPS) is 16.6. The van der Waals surface area contributed by atoms with Crippen LogP contribution in [0.1, 0.15) is 45.1 Å². The van der Waals surface area contributed by atoms with Gasteiger partial charge in [0.25, 0.3) is 0 Å². The highest BCUT2D eigenvalue weighted by Crippen LogP contribution is 2.43. The third kappa shape index (κ3) is 3.75. The molecule has 1 aromatic carbocycles. The van der Waals surface area contributed by atoms with Crippen LogP contribution in [0.5, 0.6) is 0 Å². The summed E-state index contributed by atoms with van der Waals surface area (Å²) in [5, 5.41) is 5.98. The number of hydrogen-bond acceptors (Lipinski definition) is 1. The zero-order chi connectivity index (χ0) is 14.4. The van der Waals surface area contributed by atoms with E-state index in [1.807, 2.05) is 6.07 Å². The van der Waals surface area contributed by atoms with E-state index in [1.54, 1.807) is 0 Å². The van der Waals surface area contributed by atoms with Gasteiger partial charge in [-0.15, -0.1) is 0 Å². The Morgan fingerprint density at radius 3 is 2.45 bits per heavy atom. The number of amides is 2. The second-order valence-electron chi connectivity index (χ2n) is 6.29. The summed E-state index contributed by atoms with van der Waals surface area (Å²) in [6.45, 7) is 5.82. The predicted octanol–water partition coefficient (Wildman–Crippen LogP) is 3.45. The SMILES string of the molecule is CC(C)CCNC(=O)NCC1(c2ccccc2)CCC1. The lowest BCUT2D eigenvalue weighted by Crippen LogP contribution is -2.48. The number of rotatable bonds is 6. The van der Waals surface area contributed by atoms with Crippen LogP contribution in [0, 0.1) is 5.92 Å². The summed E-state index contributed by atoms with van der Waals surface area (Å²) in [7, 11) is 0. The molecule has 2 rings (SSSR count). The van der Waals surface area contributed by atoms with Crippen molar-refractivity contribution in [2.45, 2.75) is 44.9 Å². The fourth-order valence-electron chi connectivity index (χ4n) is 2.75. The van der Waals surface area contributed by atoms with Gasteiger partial charge in [0.1, 0.15) is 0 Å². The van der Waals surface area contributed by atoms with Crippen LogP contribution in [-0.4, -0.2) is 19.1 Å². The largest absolute Gasteiger partial charge is 0.338 e. The van der Waals surface area contributed by atoms with Crippen molar-refractivity contribution in [1.29, 1.82) is 0 Å². The lowest BCUT2D eigenvalue weighted by Gasteiger charge is -2.42. The molecule has 1 aromatic rings. The Kier molecular flexibility index (Phi) is 5.05. The van der Waals surface area contributed by atoms with E-state index in [2.05, 4.69) is 48.7 Å². The van der Waals surface area contributed by atoms with Gasteiger partial charge in [-0.05, 0) is 30.7 Å². The maximum Gasteiger partial charge on any atom is 0.314 e. The topological polar surface area (TPSA) is 41.1 Å². The molecule has 1 aliphatic rings. The number of hydrogen-bond donors (Lipinski definition) is 2. The minimum Gasteiger partial charge on any atom is -0.338 e. The molecule has 110 valence electrons. The van der Waals surface area contributed by atoms with Gasteiger partial charge in [0.2, 0.25) is 0 Å². The molecule has 20 heavy (non-hydrogen) atoms. The van der Waals surface area contributed by atoms with Crippen LogP contribution in [0.15, 0.2) is 30.3 Å². The molecule has 0 aromatic heterocycles. The van der Waals surface area contributed by atoms with E-state index in [0.717, 1.165) is 19.5 Å². The van der Waals surface area contributed by atoms with Crippen molar-refractivity contribution < 1.29 is 4.79 Å². The lowest BCUT2D eigenvalue weighted by atomic mass is 9.64. The Bertz CT molecular complexity index is 424. The van der Waals surface area contributed by atoms with Crippen LogP contribution in [0.2, 0.25) is 0 Å². The standard InChI is InChI=1S/C17H26N2O/c1-14(2)9-12-18-16(20)19-13-17(10-6-11-17)15-7-4-3-5-8-15/h3-5,7-8,14H,6,9-13H2,1-2H3,(H2,18,19,20). The summed E-state index contributed by atoms with van der Waals surface area (Å²) >= 11 is 0. The van der Waals surface area contributed by atoms with E-state index in [-0.39, 0.29) is 11.4 Å². The van der Waals surface area contributed by atoms with E-state index >= 15 is 0 Å². The Labute approximate surface area is 122 Å². The second-order valence-corrected chi connectivity index (χ2v) is 6.29. The molecule has 0 atom stereocenters. The van der Waals surface area contributed by atoms with Crippen LogP contribution in [-0.2, 0) is 5.41 Å². The fourth-order valence-corrected chi connectivity index (χ4v) is 2.75. The van der Waals surface area contributed by atoms with Gasteiger partial charge in [-0.3, -0.25) is 0 Å². The van der Waals surface area contributed by atoms with Crippen molar-refractivity contribution in [3.63, 3.8) is 0 Å². The molecule has 1 fully saturated rings. The maximum absolute atomic E-state index is 11.8. The summed E-state index contributed by atoms with van der Waals surface area (Å²) in [5.74, 6) is 0.623. The maximum atomic E-state index is 11.8. The summed E-state index contributed by atoms with van der Waals surface area (Å²) in [6, 6.07) is 10.5. The first-order valence-electron chi connectivity index (χ1n) is 7.70. The van der Waals surface area contributed by atoms with E-state index in [4.69, 9.17) is 0 Å². The molecule has 0 unspecified atom stereocenters. The highest BCUT2D eigenvalue weighted by molar-refractivity contribution is 5.74. The zero-order valence-corrected chi connectivity index (χ0v) is 12.6. The molecule has 0 spiro atoms. The molecule has 0 heterocycles. The number of nitrogens with one attached hydrogen (secondary N) is 2. The van der Waals surface area contributed by atoms with E-state index in [0.29, 0.717) is 5.92 Å². The fraction of sp³-hybridized carbons (Fsp3) is 0.588. The number of urea groups is 1. The Morgan fingerprint density at radius 2 is 1.90 bits per heavy atom. The van der Waals surface area contributed by atoms with Gasteiger partial charge in [0, 0.05) is 18.5 Å². The van der Waals surface area contributed by atoms with Crippen molar-refractivity contribution >= 4 is 6.03 Å². The van der Waals surface area contributed by atoms with E-state index in [1.165, 1.54) is 24.8 Å². The number of benzene rings is 1.